The number of hydrogen-bond acceptors (Lipinski definition) is 3. The third kappa shape index (κ3) is 4.37. The van der Waals surface area contributed by atoms with Crippen molar-refractivity contribution in [1.82, 2.24) is 0 Å². The highest BCUT2D eigenvalue weighted by molar-refractivity contribution is 6.31. The van der Waals surface area contributed by atoms with E-state index in [2.05, 4.69) is 5.32 Å². The lowest BCUT2D eigenvalue weighted by Crippen LogP contribution is -1.97. The molecule has 4 heteroatoms. The molecule has 2 aromatic carbocycles. The molecule has 2 aromatic rings. The van der Waals surface area contributed by atoms with Crippen LogP contribution in [-0.2, 0) is 0 Å². The quantitative estimate of drug-likeness (QED) is 0.611. The van der Waals surface area contributed by atoms with Gasteiger partial charge < -0.3 is 10.1 Å². The third-order valence-corrected chi connectivity index (χ3v) is 3.51. The van der Waals surface area contributed by atoms with Gasteiger partial charge in [-0.1, -0.05) is 17.7 Å². The molecule has 0 spiro atoms. The Kier molecular flexibility index (Phi) is 5.61. The maximum Gasteiger partial charge on any atom is 0.187 e. The molecule has 1 N–H and O–H groups in total. The smallest absolute Gasteiger partial charge is 0.187 e. The summed E-state index contributed by atoms with van der Waals surface area (Å²) < 4.78 is 5.35. The fourth-order valence-corrected chi connectivity index (χ4v) is 2.06. The number of hydrogen-bond donors (Lipinski definition) is 1. The number of carbonyl (C=O) groups excluding carboxylic acids is 1. The number of halogens is 1. The minimum Gasteiger partial charge on any atom is -0.494 e. The summed E-state index contributed by atoms with van der Waals surface area (Å²) in [5, 5.41) is 3.73. The summed E-state index contributed by atoms with van der Waals surface area (Å²) >= 11 is 6.05. The van der Waals surface area contributed by atoms with Crippen molar-refractivity contribution in [2.24, 2.45) is 0 Å². The standard InChI is InChI=1S/C18H18ClNO2/c1-3-22-16-8-5-14(6-9-16)18(21)10-11-20-15-7-4-13(2)17(19)12-15/h4-12,20H,3H2,1-2H3. The van der Waals surface area contributed by atoms with Crippen LogP contribution in [0.2, 0.25) is 5.02 Å². The van der Waals surface area contributed by atoms with E-state index >= 15 is 0 Å². The van der Waals surface area contributed by atoms with Crippen LogP contribution in [0.4, 0.5) is 5.69 Å². The normalized spacial score (nSPS) is 10.7. The van der Waals surface area contributed by atoms with Crippen LogP contribution in [0.3, 0.4) is 0 Å². The van der Waals surface area contributed by atoms with Crippen LogP contribution in [0.5, 0.6) is 5.75 Å². The highest BCUT2D eigenvalue weighted by Gasteiger charge is 2.02. The molecule has 2 rings (SSSR count). The number of aryl methyl sites for hydroxylation is 1. The molecule has 0 aliphatic carbocycles. The van der Waals surface area contributed by atoms with E-state index in [1.807, 2.05) is 32.0 Å². The lowest BCUT2D eigenvalue weighted by Gasteiger charge is -2.04. The molecule has 0 aromatic heterocycles. The van der Waals surface area contributed by atoms with Gasteiger partial charge in [-0.05, 0) is 55.8 Å². The number of allylic oxidation sites excluding steroid dienone is 1. The van der Waals surface area contributed by atoms with Gasteiger partial charge in [0.05, 0.1) is 6.61 Å². The monoisotopic (exact) mass is 315 g/mol. The molecule has 3 nitrogen and oxygen atoms in total. The van der Waals surface area contributed by atoms with Crippen molar-refractivity contribution < 1.29 is 9.53 Å². The van der Waals surface area contributed by atoms with E-state index in [1.54, 1.807) is 30.5 Å². The number of benzene rings is 2. The minimum absolute atomic E-state index is 0.0752. The maximum atomic E-state index is 12.0. The molecule has 0 saturated carbocycles. The SMILES string of the molecule is CCOc1ccc(C(=O)C=CNc2ccc(C)c(Cl)c2)cc1. The fourth-order valence-electron chi connectivity index (χ4n) is 1.87. The molecule has 0 heterocycles. The maximum absolute atomic E-state index is 12.0. The summed E-state index contributed by atoms with van der Waals surface area (Å²) in [6.07, 6.45) is 3.10. The van der Waals surface area contributed by atoms with Gasteiger partial charge in [0.1, 0.15) is 5.75 Å². The Morgan fingerprint density at radius 2 is 1.95 bits per heavy atom. The van der Waals surface area contributed by atoms with Crippen molar-refractivity contribution in [3.05, 3.63) is 70.9 Å². The Morgan fingerprint density at radius 1 is 1.23 bits per heavy atom. The van der Waals surface area contributed by atoms with Crippen molar-refractivity contribution in [2.45, 2.75) is 13.8 Å². The molecule has 0 fully saturated rings. The van der Waals surface area contributed by atoms with Crippen molar-refractivity contribution >= 4 is 23.1 Å². The predicted molar refractivity (Wildman–Crippen MR) is 90.9 cm³/mol. The number of nitrogens with one attached hydrogen (secondary N) is 1. The van der Waals surface area contributed by atoms with E-state index in [4.69, 9.17) is 16.3 Å². The first-order chi connectivity index (χ1) is 10.6. The van der Waals surface area contributed by atoms with Crippen LogP contribution in [0.15, 0.2) is 54.7 Å². The zero-order valence-electron chi connectivity index (χ0n) is 12.6. The Labute approximate surface area is 135 Å². The van der Waals surface area contributed by atoms with Crippen LogP contribution in [0.1, 0.15) is 22.8 Å². The van der Waals surface area contributed by atoms with Crippen molar-refractivity contribution in [3.8, 4) is 5.75 Å². The average Bonchev–Trinajstić information content (AvgIpc) is 2.52. The summed E-state index contributed by atoms with van der Waals surface area (Å²) in [7, 11) is 0. The Balaban J connectivity index is 1.97. The van der Waals surface area contributed by atoms with E-state index in [0.717, 1.165) is 17.0 Å². The first-order valence-corrected chi connectivity index (χ1v) is 7.44. The molecule has 0 aliphatic rings. The van der Waals surface area contributed by atoms with Gasteiger partial charge in [-0.2, -0.15) is 0 Å². The number of rotatable bonds is 6. The largest absolute Gasteiger partial charge is 0.494 e. The van der Waals surface area contributed by atoms with E-state index < -0.39 is 0 Å². The van der Waals surface area contributed by atoms with E-state index in [0.29, 0.717) is 17.2 Å². The van der Waals surface area contributed by atoms with Crippen LogP contribution >= 0.6 is 11.6 Å². The van der Waals surface area contributed by atoms with Crippen molar-refractivity contribution in [1.29, 1.82) is 0 Å². The van der Waals surface area contributed by atoms with Gasteiger partial charge in [0.15, 0.2) is 5.78 Å². The van der Waals surface area contributed by atoms with Crippen LogP contribution in [0, 0.1) is 6.92 Å². The zero-order valence-corrected chi connectivity index (χ0v) is 13.4. The Bertz CT molecular complexity index is 678. The van der Waals surface area contributed by atoms with Gasteiger partial charge in [-0.3, -0.25) is 4.79 Å². The number of ether oxygens (including phenoxy) is 1. The Morgan fingerprint density at radius 3 is 2.59 bits per heavy atom. The minimum atomic E-state index is -0.0752. The lowest BCUT2D eigenvalue weighted by molar-refractivity contribution is 0.104. The highest BCUT2D eigenvalue weighted by Crippen LogP contribution is 2.20. The predicted octanol–water partition coefficient (Wildman–Crippen LogP) is 4.86. The first kappa shape index (κ1) is 16.1. The second-order valence-corrected chi connectivity index (χ2v) is 5.17. The summed E-state index contributed by atoms with van der Waals surface area (Å²) in [4.78, 5) is 12.0. The van der Waals surface area contributed by atoms with Crippen LogP contribution in [0.25, 0.3) is 0 Å². The van der Waals surface area contributed by atoms with Crippen molar-refractivity contribution in [2.75, 3.05) is 11.9 Å². The van der Waals surface area contributed by atoms with E-state index in [-0.39, 0.29) is 5.78 Å². The fraction of sp³-hybridized carbons (Fsp3) is 0.167. The second-order valence-electron chi connectivity index (χ2n) is 4.76. The highest BCUT2D eigenvalue weighted by atomic mass is 35.5. The topological polar surface area (TPSA) is 38.3 Å². The van der Waals surface area contributed by atoms with Gasteiger partial charge in [0.25, 0.3) is 0 Å². The number of ketones is 1. The van der Waals surface area contributed by atoms with E-state index in [1.165, 1.54) is 6.08 Å². The molecule has 0 aliphatic heterocycles. The van der Waals surface area contributed by atoms with Crippen LogP contribution in [-0.4, -0.2) is 12.4 Å². The van der Waals surface area contributed by atoms with Crippen LogP contribution < -0.4 is 10.1 Å². The molecular formula is C18H18ClNO2. The van der Waals surface area contributed by atoms with Crippen molar-refractivity contribution in [3.63, 3.8) is 0 Å². The Hall–Kier alpha value is -2.26. The summed E-state index contributed by atoms with van der Waals surface area (Å²) in [5.41, 5.74) is 2.47. The summed E-state index contributed by atoms with van der Waals surface area (Å²) in [6.45, 7) is 4.47. The van der Waals surface area contributed by atoms with Gasteiger partial charge >= 0.3 is 0 Å². The molecule has 0 amide bonds. The zero-order chi connectivity index (χ0) is 15.9. The number of carbonyl (C=O) groups is 1. The second kappa shape index (κ2) is 7.66. The van der Waals surface area contributed by atoms with Gasteiger partial charge in [-0.15, -0.1) is 0 Å². The van der Waals surface area contributed by atoms with Gasteiger partial charge in [0, 0.05) is 28.5 Å². The molecule has 0 bridgehead atoms. The first-order valence-electron chi connectivity index (χ1n) is 7.06. The lowest BCUT2D eigenvalue weighted by atomic mass is 10.1. The molecule has 0 unspecified atom stereocenters. The molecule has 0 atom stereocenters. The van der Waals surface area contributed by atoms with Gasteiger partial charge in [0.2, 0.25) is 0 Å². The molecular weight excluding hydrogens is 298 g/mol. The van der Waals surface area contributed by atoms with E-state index in [9.17, 15) is 4.79 Å². The molecule has 0 radical (unpaired) electrons. The third-order valence-electron chi connectivity index (χ3n) is 3.11. The molecule has 0 saturated heterocycles. The number of anilines is 1. The molecule has 22 heavy (non-hydrogen) atoms. The summed E-state index contributed by atoms with van der Waals surface area (Å²) in [6, 6.07) is 12.7. The van der Waals surface area contributed by atoms with Gasteiger partial charge in [-0.25, -0.2) is 0 Å². The average molecular weight is 316 g/mol. The summed E-state index contributed by atoms with van der Waals surface area (Å²) in [5.74, 6) is 0.684. The molecule has 114 valence electrons.